The van der Waals surface area contributed by atoms with Gasteiger partial charge in [0.15, 0.2) is 0 Å². The molecule has 0 bridgehead atoms. The summed E-state index contributed by atoms with van der Waals surface area (Å²) in [4.78, 5) is 41.5. The molecule has 2 fully saturated rings. The van der Waals surface area contributed by atoms with Gasteiger partial charge in [-0.1, -0.05) is 36.4 Å². The third kappa shape index (κ3) is 6.79. The fourth-order valence-electron chi connectivity index (χ4n) is 5.62. The maximum absolute atomic E-state index is 13.9. The minimum Gasteiger partial charge on any atom is -0.492 e. The lowest BCUT2D eigenvalue weighted by Gasteiger charge is -2.25. The van der Waals surface area contributed by atoms with Crippen LogP contribution >= 0.6 is 0 Å². The SMILES string of the molecule is COCC1CCCN1C(=O)C(=O)c1cc(S(=O)(=O)N2CCCC2COc2ccccc2)ccc1NC(=O)c1ccccc1. The van der Waals surface area contributed by atoms with E-state index in [1.54, 1.807) is 30.3 Å². The fourth-order valence-corrected chi connectivity index (χ4v) is 7.32. The first-order valence-electron chi connectivity index (χ1n) is 14.3. The number of nitrogens with zero attached hydrogens (tertiary/aromatic N) is 2. The van der Waals surface area contributed by atoms with Crippen LogP contribution < -0.4 is 10.1 Å². The van der Waals surface area contributed by atoms with Crippen molar-refractivity contribution in [2.45, 2.75) is 42.7 Å². The number of ether oxygens (including phenoxy) is 2. The van der Waals surface area contributed by atoms with Gasteiger partial charge < -0.3 is 19.7 Å². The normalized spacial score (nSPS) is 18.9. The van der Waals surface area contributed by atoms with Crippen LogP contribution in [-0.2, 0) is 19.6 Å². The highest BCUT2D eigenvalue weighted by molar-refractivity contribution is 7.89. The van der Waals surface area contributed by atoms with E-state index in [2.05, 4.69) is 5.32 Å². The van der Waals surface area contributed by atoms with Crippen molar-refractivity contribution in [3.05, 3.63) is 90.0 Å². The molecule has 0 spiro atoms. The van der Waals surface area contributed by atoms with Gasteiger partial charge in [0.05, 0.1) is 34.8 Å². The summed E-state index contributed by atoms with van der Waals surface area (Å²) in [5.41, 5.74) is 0.218. The summed E-state index contributed by atoms with van der Waals surface area (Å²) in [7, 11) is -2.53. The predicted molar refractivity (Wildman–Crippen MR) is 161 cm³/mol. The summed E-state index contributed by atoms with van der Waals surface area (Å²) in [6.45, 7) is 1.15. The number of methoxy groups -OCH3 is 1. The monoisotopic (exact) mass is 605 g/mol. The Morgan fingerprint density at radius 3 is 2.26 bits per heavy atom. The van der Waals surface area contributed by atoms with E-state index < -0.39 is 33.7 Å². The van der Waals surface area contributed by atoms with Crippen molar-refractivity contribution in [3.63, 3.8) is 0 Å². The molecule has 2 heterocycles. The van der Waals surface area contributed by atoms with Gasteiger partial charge in [0.2, 0.25) is 10.0 Å². The van der Waals surface area contributed by atoms with Crippen LogP contribution in [0.2, 0.25) is 0 Å². The van der Waals surface area contributed by atoms with Gasteiger partial charge in [-0.2, -0.15) is 4.31 Å². The van der Waals surface area contributed by atoms with Crippen LogP contribution in [-0.4, -0.2) is 80.7 Å². The van der Waals surface area contributed by atoms with Crippen molar-refractivity contribution in [1.82, 2.24) is 9.21 Å². The predicted octanol–water partition coefficient (Wildman–Crippen LogP) is 3.99. The van der Waals surface area contributed by atoms with E-state index in [-0.39, 0.29) is 35.4 Å². The maximum atomic E-state index is 13.9. The Balaban J connectivity index is 1.45. The van der Waals surface area contributed by atoms with Crippen LogP contribution in [0.5, 0.6) is 5.75 Å². The molecule has 43 heavy (non-hydrogen) atoms. The molecule has 0 radical (unpaired) electrons. The number of hydrogen-bond donors (Lipinski definition) is 1. The second-order valence-electron chi connectivity index (χ2n) is 10.6. The van der Waals surface area contributed by atoms with E-state index in [0.29, 0.717) is 43.7 Å². The zero-order valence-corrected chi connectivity index (χ0v) is 24.8. The molecule has 2 aliphatic rings. The van der Waals surface area contributed by atoms with Crippen LogP contribution in [0.25, 0.3) is 0 Å². The average molecular weight is 606 g/mol. The third-order valence-electron chi connectivity index (χ3n) is 7.83. The first kappa shape index (κ1) is 30.4. The minimum atomic E-state index is -4.07. The maximum Gasteiger partial charge on any atom is 0.295 e. The van der Waals surface area contributed by atoms with E-state index >= 15 is 0 Å². The van der Waals surface area contributed by atoms with Crippen molar-refractivity contribution in [2.24, 2.45) is 0 Å². The topological polar surface area (TPSA) is 122 Å². The number of amides is 2. The van der Waals surface area contributed by atoms with Crippen LogP contribution in [0, 0.1) is 0 Å². The number of para-hydroxylation sites is 1. The van der Waals surface area contributed by atoms with E-state index in [0.717, 1.165) is 6.42 Å². The van der Waals surface area contributed by atoms with Crippen molar-refractivity contribution < 1.29 is 32.3 Å². The smallest absolute Gasteiger partial charge is 0.295 e. The standard InChI is InChI=1S/C32H35N3O7S/c1-41-21-24-12-8-18-34(24)32(38)30(36)28-20-27(16-17-29(28)33-31(37)23-10-4-2-5-11-23)43(39,40)35-19-9-13-25(35)22-42-26-14-6-3-7-15-26/h2-7,10-11,14-17,20,24-25H,8-9,12-13,18-19,21-22H2,1H3,(H,33,37). The Kier molecular flexibility index (Phi) is 9.54. The molecule has 10 nitrogen and oxygen atoms in total. The number of carbonyl (C=O) groups is 3. The van der Waals surface area contributed by atoms with Crippen LogP contribution in [0.15, 0.2) is 83.8 Å². The van der Waals surface area contributed by atoms with Gasteiger partial charge >= 0.3 is 0 Å². The summed E-state index contributed by atoms with van der Waals surface area (Å²) >= 11 is 0. The van der Waals surface area contributed by atoms with E-state index in [1.807, 2.05) is 30.3 Å². The van der Waals surface area contributed by atoms with Gasteiger partial charge in [0.1, 0.15) is 12.4 Å². The molecule has 3 aromatic carbocycles. The summed E-state index contributed by atoms with van der Waals surface area (Å²) < 4.78 is 40.3. The third-order valence-corrected chi connectivity index (χ3v) is 9.77. The summed E-state index contributed by atoms with van der Waals surface area (Å²) in [6.07, 6.45) is 2.70. The molecular formula is C32H35N3O7S. The Morgan fingerprint density at radius 2 is 1.53 bits per heavy atom. The number of carbonyl (C=O) groups excluding carboxylic acids is 3. The highest BCUT2D eigenvalue weighted by Gasteiger charge is 2.38. The molecule has 2 unspecified atom stereocenters. The Bertz CT molecular complexity index is 1560. The molecule has 0 aliphatic carbocycles. The Morgan fingerprint density at radius 1 is 0.860 bits per heavy atom. The van der Waals surface area contributed by atoms with Crippen molar-refractivity contribution in [3.8, 4) is 5.75 Å². The molecule has 0 aromatic heterocycles. The first-order valence-corrected chi connectivity index (χ1v) is 15.8. The molecule has 1 N–H and O–H groups in total. The number of benzene rings is 3. The molecule has 3 aromatic rings. The van der Waals surface area contributed by atoms with Crippen LogP contribution in [0.4, 0.5) is 5.69 Å². The van der Waals surface area contributed by atoms with Gasteiger partial charge in [-0.25, -0.2) is 8.42 Å². The van der Waals surface area contributed by atoms with Gasteiger partial charge in [-0.3, -0.25) is 14.4 Å². The molecule has 2 saturated heterocycles. The van der Waals surface area contributed by atoms with Crippen molar-refractivity contribution in [1.29, 1.82) is 0 Å². The molecule has 11 heteroatoms. The van der Waals surface area contributed by atoms with Gasteiger partial charge in [-0.15, -0.1) is 0 Å². The molecule has 2 atom stereocenters. The van der Waals surface area contributed by atoms with Crippen LogP contribution in [0.1, 0.15) is 46.4 Å². The number of hydrogen-bond acceptors (Lipinski definition) is 7. The number of Topliss-reactive ketones (excluding diaryl/α,β-unsaturated/α-hetero) is 1. The lowest BCUT2D eigenvalue weighted by molar-refractivity contribution is -0.128. The summed E-state index contributed by atoms with van der Waals surface area (Å²) in [5, 5.41) is 2.70. The zero-order chi connectivity index (χ0) is 30.4. The molecule has 0 saturated carbocycles. The molecule has 5 rings (SSSR count). The lowest BCUT2D eigenvalue weighted by atomic mass is 10.1. The summed E-state index contributed by atoms with van der Waals surface area (Å²) in [5.74, 6) is -1.51. The molecule has 226 valence electrons. The number of nitrogens with one attached hydrogen (secondary N) is 1. The van der Waals surface area contributed by atoms with Gasteiger partial charge in [-0.05, 0) is 68.1 Å². The second-order valence-corrected chi connectivity index (χ2v) is 12.5. The highest BCUT2D eigenvalue weighted by atomic mass is 32.2. The van der Waals surface area contributed by atoms with Crippen LogP contribution in [0.3, 0.4) is 0 Å². The van der Waals surface area contributed by atoms with Crippen molar-refractivity contribution in [2.75, 3.05) is 38.7 Å². The molecule has 2 amide bonds. The van der Waals surface area contributed by atoms with Crippen molar-refractivity contribution >= 4 is 33.3 Å². The number of anilines is 1. The van der Waals surface area contributed by atoms with E-state index in [1.165, 1.54) is 34.5 Å². The molecular weight excluding hydrogens is 570 g/mol. The Labute approximate surface area is 251 Å². The van der Waals surface area contributed by atoms with Gasteiger partial charge in [0, 0.05) is 25.8 Å². The fraction of sp³-hybridized carbons (Fsp3) is 0.344. The quantitative estimate of drug-likeness (QED) is 0.259. The zero-order valence-electron chi connectivity index (χ0n) is 24.0. The van der Waals surface area contributed by atoms with Gasteiger partial charge in [0.25, 0.3) is 17.6 Å². The van der Waals surface area contributed by atoms with E-state index in [4.69, 9.17) is 9.47 Å². The Hall–Kier alpha value is -4.06. The minimum absolute atomic E-state index is 0.0547. The number of ketones is 1. The number of likely N-dealkylation sites (tertiary alicyclic amines) is 1. The number of sulfonamides is 1. The summed E-state index contributed by atoms with van der Waals surface area (Å²) in [6, 6.07) is 20.9. The number of rotatable bonds is 11. The lowest BCUT2D eigenvalue weighted by Crippen LogP contribution is -2.42. The first-order chi connectivity index (χ1) is 20.8. The molecule has 2 aliphatic heterocycles. The largest absolute Gasteiger partial charge is 0.492 e. The average Bonchev–Trinajstić information content (AvgIpc) is 3.71. The van der Waals surface area contributed by atoms with E-state index in [9.17, 15) is 22.8 Å². The second kappa shape index (κ2) is 13.5. The highest BCUT2D eigenvalue weighted by Crippen LogP contribution is 2.30.